The number of rotatable bonds is 1. The summed E-state index contributed by atoms with van der Waals surface area (Å²) in [6, 6.07) is 7.69. The third kappa shape index (κ3) is 1.80. The normalized spacial score (nSPS) is 11.8. The van der Waals surface area contributed by atoms with Crippen molar-refractivity contribution < 1.29 is 0 Å². The molecule has 5 aromatic rings. The smallest absolute Gasteiger partial charge is 0.261 e. The summed E-state index contributed by atoms with van der Waals surface area (Å²) in [5.74, 6) is 0. The molecule has 1 aromatic carbocycles. The number of benzene rings is 1. The quantitative estimate of drug-likeness (QED) is 0.472. The van der Waals surface area contributed by atoms with Crippen molar-refractivity contribution in [3.8, 4) is 11.3 Å². The fourth-order valence-corrected chi connectivity index (χ4v) is 3.33. The van der Waals surface area contributed by atoms with Gasteiger partial charge in [0.15, 0.2) is 5.65 Å². The van der Waals surface area contributed by atoms with E-state index in [0.29, 0.717) is 16.7 Å². The zero-order valence-corrected chi connectivity index (χ0v) is 13.7. The number of aryl methyl sites for hydroxylation is 2. The highest BCUT2D eigenvalue weighted by atomic mass is 16.1. The molecular weight excluding hydrogens is 316 g/mol. The number of fused-ring (bicyclic) bond motifs is 4. The molecule has 0 atom stereocenters. The molecule has 122 valence electrons. The maximum absolute atomic E-state index is 12.9. The third-order valence-corrected chi connectivity index (χ3v) is 4.54. The van der Waals surface area contributed by atoms with E-state index in [4.69, 9.17) is 0 Å². The Labute approximate surface area is 141 Å². The van der Waals surface area contributed by atoms with Crippen LogP contribution in [0, 0.1) is 6.92 Å². The fourth-order valence-electron chi connectivity index (χ4n) is 3.33. The molecule has 0 amide bonds. The molecule has 4 heterocycles. The van der Waals surface area contributed by atoms with Crippen LogP contribution in [-0.4, -0.2) is 28.5 Å². The van der Waals surface area contributed by atoms with Crippen molar-refractivity contribution in [2.45, 2.75) is 6.92 Å². The van der Waals surface area contributed by atoms with Gasteiger partial charge in [-0.3, -0.25) is 13.8 Å². The largest absolute Gasteiger partial charge is 0.295 e. The Bertz CT molecular complexity index is 1340. The molecule has 5 rings (SSSR count). The molecule has 0 N–H and O–H groups in total. The van der Waals surface area contributed by atoms with Gasteiger partial charge < -0.3 is 0 Å². The van der Waals surface area contributed by atoms with Gasteiger partial charge in [-0.2, -0.15) is 5.10 Å². The molecule has 0 aliphatic carbocycles. The van der Waals surface area contributed by atoms with Crippen molar-refractivity contribution in [1.29, 1.82) is 0 Å². The van der Waals surface area contributed by atoms with Crippen LogP contribution in [-0.2, 0) is 7.05 Å². The second-order valence-electron chi connectivity index (χ2n) is 6.12. The van der Waals surface area contributed by atoms with Gasteiger partial charge in [0.1, 0.15) is 17.7 Å². The number of nitrogens with zero attached hydrogens (tertiary/aromatic N) is 6. The van der Waals surface area contributed by atoms with Gasteiger partial charge in [-0.15, -0.1) is 0 Å². The highest BCUT2D eigenvalue weighted by Crippen LogP contribution is 2.27. The summed E-state index contributed by atoms with van der Waals surface area (Å²) < 4.78 is 5.28. The van der Waals surface area contributed by atoms with Gasteiger partial charge in [-0.25, -0.2) is 14.5 Å². The van der Waals surface area contributed by atoms with E-state index in [1.165, 1.54) is 0 Å². The Hall–Kier alpha value is -3.48. The lowest BCUT2D eigenvalue weighted by atomic mass is 10.1. The average molecular weight is 330 g/mol. The number of aromatic nitrogens is 6. The highest BCUT2D eigenvalue weighted by molar-refractivity contribution is 5.88. The maximum atomic E-state index is 12.9. The van der Waals surface area contributed by atoms with Crippen LogP contribution in [0.3, 0.4) is 0 Å². The molecule has 0 radical (unpaired) electrons. The van der Waals surface area contributed by atoms with Crippen molar-refractivity contribution >= 4 is 22.2 Å². The third-order valence-electron chi connectivity index (χ3n) is 4.54. The monoisotopic (exact) mass is 330 g/mol. The lowest BCUT2D eigenvalue weighted by molar-refractivity contribution is 0.882. The Balaban J connectivity index is 1.95. The summed E-state index contributed by atoms with van der Waals surface area (Å²) in [4.78, 5) is 21.8. The van der Waals surface area contributed by atoms with Crippen LogP contribution in [0.5, 0.6) is 0 Å². The van der Waals surface area contributed by atoms with Gasteiger partial charge in [0.25, 0.3) is 5.56 Å². The summed E-state index contributed by atoms with van der Waals surface area (Å²) in [5, 5.41) is 5.00. The molecule has 0 saturated heterocycles. The van der Waals surface area contributed by atoms with Gasteiger partial charge in [0.2, 0.25) is 0 Å². The van der Waals surface area contributed by atoms with Gasteiger partial charge in [0, 0.05) is 19.4 Å². The Morgan fingerprint density at radius 3 is 2.92 bits per heavy atom. The first-order valence-corrected chi connectivity index (χ1v) is 7.90. The average Bonchev–Trinajstić information content (AvgIpc) is 3.23. The lowest BCUT2D eigenvalue weighted by Crippen LogP contribution is -2.19. The molecule has 0 unspecified atom stereocenters. The van der Waals surface area contributed by atoms with E-state index in [-0.39, 0.29) is 5.56 Å². The van der Waals surface area contributed by atoms with Gasteiger partial charge in [0.05, 0.1) is 22.7 Å². The van der Waals surface area contributed by atoms with Crippen LogP contribution in [0.15, 0.2) is 54.0 Å². The van der Waals surface area contributed by atoms with E-state index in [1.807, 2.05) is 41.8 Å². The first kappa shape index (κ1) is 13.9. The van der Waals surface area contributed by atoms with Crippen LogP contribution in [0.25, 0.3) is 33.5 Å². The Morgan fingerprint density at radius 2 is 2.04 bits per heavy atom. The molecule has 0 saturated carbocycles. The van der Waals surface area contributed by atoms with Crippen molar-refractivity contribution in [1.82, 2.24) is 28.5 Å². The summed E-state index contributed by atoms with van der Waals surface area (Å²) in [5.41, 5.74) is 4.77. The van der Waals surface area contributed by atoms with Gasteiger partial charge >= 0.3 is 0 Å². The van der Waals surface area contributed by atoms with E-state index in [1.54, 1.807) is 34.9 Å². The Kier molecular flexibility index (Phi) is 2.65. The molecule has 7 nitrogen and oxygen atoms in total. The van der Waals surface area contributed by atoms with Crippen molar-refractivity contribution in [2.24, 2.45) is 7.05 Å². The van der Waals surface area contributed by atoms with Crippen LogP contribution >= 0.6 is 0 Å². The van der Waals surface area contributed by atoms with Crippen LogP contribution in [0.1, 0.15) is 5.56 Å². The standard InChI is InChI=1S/C18H14N6O/c1-11-4-5-14-12(8-11)18(25)22(2)17-15(20-10-23(14)17)13-9-21-24-7-3-6-19-16(13)24/h3-10H,1-2H3. The molecule has 0 aliphatic heterocycles. The predicted molar refractivity (Wildman–Crippen MR) is 94.7 cm³/mol. The summed E-state index contributed by atoms with van der Waals surface area (Å²) >= 11 is 0. The van der Waals surface area contributed by atoms with Crippen molar-refractivity contribution in [3.05, 3.63) is 65.1 Å². The second-order valence-corrected chi connectivity index (χ2v) is 6.12. The van der Waals surface area contributed by atoms with E-state index < -0.39 is 0 Å². The summed E-state index contributed by atoms with van der Waals surface area (Å²) in [6.45, 7) is 1.98. The van der Waals surface area contributed by atoms with E-state index in [9.17, 15) is 4.79 Å². The van der Waals surface area contributed by atoms with Crippen LogP contribution in [0.2, 0.25) is 0 Å². The number of hydrogen-bond acceptors (Lipinski definition) is 4. The zero-order chi connectivity index (χ0) is 17.1. The van der Waals surface area contributed by atoms with Crippen molar-refractivity contribution in [3.63, 3.8) is 0 Å². The first-order chi connectivity index (χ1) is 12.1. The van der Waals surface area contributed by atoms with E-state index in [0.717, 1.165) is 22.3 Å². The maximum Gasteiger partial charge on any atom is 0.261 e. The minimum Gasteiger partial charge on any atom is -0.295 e. The summed E-state index contributed by atoms with van der Waals surface area (Å²) in [7, 11) is 1.77. The molecule has 0 spiro atoms. The predicted octanol–water partition coefficient (Wildman–Crippen LogP) is 2.20. The van der Waals surface area contributed by atoms with E-state index in [2.05, 4.69) is 15.1 Å². The van der Waals surface area contributed by atoms with Gasteiger partial charge in [-0.1, -0.05) is 11.6 Å². The van der Waals surface area contributed by atoms with E-state index >= 15 is 0 Å². The number of hydrogen-bond donors (Lipinski definition) is 0. The molecule has 0 bridgehead atoms. The first-order valence-electron chi connectivity index (χ1n) is 7.90. The fraction of sp³-hybridized carbons (Fsp3) is 0.111. The topological polar surface area (TPSA) is 69.5 Å². The number of imidazole rings is 1. The zero-order valence-electron chi connectivity index (χ0n) is 13.7. The minimum atomic E-state index is -0.0441. The molecular formula is C18H14N6O. The molecule has 0 fully saturated rings. The molecule has 7 heteroatoms. The SMILES string of the molecule is Cc1ccc2c(c1)c(=O)n(C)c1c(-c3cnn4cccnc34)ncn21. The molecule has 25 heavy (non-hydrogen) atoms. The van der Waals surface area contributed by atoms with Crippen molar-refractivity contribution in [2.75, 3.05) is 0 Å². The Morgan fingerprint density at radius 1 is 1.16 bits per heavy atom. The molecule has 0 aliphatic rings. The van der Waals surface area contributed by atoms with Gasteiger partial charge in [-0.05, 0) is 25.1 Å². The van der Waals surface area contributed by atoms with Crippen LogP contribution in [0.4, 0.5) is 0 Å². The summed E-state index contributed by atoms with van der Waals surface area (Å²) in [6.07, 6.45) is 7.03. The van der Waals surface area contributed by atoms with Crippen LogP contribution < -0.4 is 5.56 Å². The molecule has 4 aromatic heterocycles. The lowest BCUT2D eigenvalue weighted by Gasteiger charge is -2.08. The second kappa shape index (κ2) is 4.76. The highest BCUT2D eigenvalue weighted by Gasteiger charge is 2.18. The minimum absolute atomic E-state index is 0.0441.